The Balaban J connectivity index is 1.70. The first-order valence-corrected chi connectivity index (χ1v) is 17.9. The number of alkyl carbamates (subject to hydrolysis) is 1. The summed E-state index contributed by atoms with van der Waals surface area (Å²) in [7, 11) is 0. The van der Waals surface area contributed by atoms with Crippen molar-refractivity contribution in [1.29, 1.82) is 0 Å². The maximum atomic E-state index is 12.2. The molecule has 1 N–H and O–H groups in total. The molecule has 0 saturated heterocycles. The average Bonchev–Trinajstić information content (AvgIpc) is 3.02. The second-order valence-corrected chi connectivity index (χ2v) is 13.7. The summed E-state index contributed by atoms with van der Waals surface area (Å²) in [5.74, 6) is 0.453. The summed E-state index contributed by atoms with van der Waals surface area (Å²) in [6.45, 7) is 20.6. The van der Waals surface area contributed by atoms with Gasteiger partial charge in [0.05, 0.1) is 118 Å². The van der Waals surface area contributed by atoms with E-state index in [1.54, 1.807) is 0 Å². The van der Waals surface area contributed by atoms with E-state index < -0.39 is 17.3 Å². The average molecular weight is 710 g/mol. The molecule has 0 radical (unpaired) electrons. The molecule has 1 aliphatic rings. The third kappa shape index (κ3) is 30.9. The van der Waals surface area contributed by atoms with E-state index in [0.717, 1.165) is 25.7 Å². The number of rotatable bonds is 30. The summed E-state index contributed by atoms with van der Waals surface area (Å²) < 4.78 is 60.3. The Hall–Kier alpha value is -1.62. The minimum absolute atomic E-state index is 0.0214. The van der Waals surface area contributed by atoms with Crippen LogP contribution in [0.5, 0.6) is 0 Å². The molecule has 0 aliphatic heterocycles. The highest BCUT2D eigenvalue weighted by Crippen LogP contribution is 2.30. The molecule has 1 aliphatic carbocycles. The summed E-state index contributed by atoms with van der Waals surface area (Å²) in [6, 6.07) is 0. The number of esters is 1. The van der Waals surface area contributed by atoms with Gasteiger partial charge in [0.2, 0.25) is 0 Å². The van der Waals surface area contributed by atoms with Gasteiger partial charge in [-0.05, 0) is 73.1 Å². The SMILES string of the molecule is CC(C)(C)OC(=O)NCCOCCOCCOCCOCCOCCOCCOCCOCCOCC1CCC(C(=O)OC(C)(C)C)CC1. The van der Waals surface area contributed by atoms with Crippen molar-refractivity contribution in [1.82, 2.24) is 5.32 Å². The maximum absolute atomic E-state index is 12.2. The molecule has 0 unspecified atom stereocenters. The molecule has 0 aromatic rings. The molecule has 0 atom stereocenters. The lowest BCUT2D eigenvalue weighted by Crippen LogP contribution is -2.34. The number of ether oxygens (including phenoxy) is 11. The normalized spacial score (nSPS) is 16.9. The highest BCUT2D eigenvalue weighted by molar-refractivity contribution is 5.73. The highest BCUT2D eigenvalue weighted by atomic mass is 16.6. The Labute approximate surface area is 294 Å². The standard InChI is InChI=1S/C35H67NO13/c1-34(2,3)48-32(37)31-9-7-30(8-10-31)29-47-28-27-46-26-25-45-24-23-44-22-21-43-20-19-42-18-17-41-16-15-40-14-13-39-12-11-36-33(38)49-35(4,5)6/h30-31H,7-29H2,1-6H3,(H,36,38). The number of hydrogen-bond donors (Lipinski definition) is 1. The molecule has 49 heavy (non-hydrogen) atoms. The minimum Gasteiger partial charge on any atom is -0.460 e. The topological polar surface area (TPSA) is 148 Å². The summed E-state index contributed by atoms with van der Waals surface area (Å²) in [5, 5.41) is 2.63. The van der Waals surface area contributed by atoms with Gasteiger partial charge < -0.3 is 57.4 Å². The van der Waals surface area contributed by atoms with Gasteiger partial charge in [-0.15, -0.1) is 0 Å². The molecule has 0 aromatic carbocycles. The fourth-order valence-electron chi connectivity index (χ4n) is 4.50. The van der Waals surface area contributed by atoms with Crippen molar-refractivity contribution >= 4 is 12.1 Å². The number of hydrogen-bond acceptors (Lipinski definition) is 13. The lowest BCUT2D eigenvalue weighted by molar-refractivity contribution is -0.161. The van der Waals surface area contributed by atoms with Crippen molar-refractivity contribution in [3.63, 3.8) is 0 Å². The first kappa shape index (κ1) is 45.4. The van der Waals surface area contributed by atoms with Gasteiger partial charge in [0.1, 0.15) is 11.2 Å². The van der Waals surface area contributed by atoms with E-state index in [1.165, 1.54) is 0 Å². The minimum atomic E-state index is -0.513. The molecule has 1 amide bonds. The van der Waals surface area contributed by atoms with E-state index in [4.69, 9.17) is 52.1 Å². The van der Waals surface area contributed by atoms with Crippen LogP contribution in [-0.2, 0) is 56.9 Å². The zero-order valence-corrected chi connectivity index (χ0v) is 31.2. The summed E-state index contributed by atoms with van der Waals surface area (Å²) in [5.41, 5.74) is -0.937. The van der Waals surface area contributed by atoms with Gasteiger partial charge in [0.25, 0.3) is 0 Å². The van der Waals surface area contributed by atoms with Gasteiger partial charge in [0.15, 0.2) is 0 Å². The van der Waals surface area contributed by atoms with Gasteiger partial charge in [-0.1, -0.05) is 0 Å². The predicted octanol–water partition coefficient (Wildman–Crippen LogP) is 3.81. The van der Waals surface area contributed by atoms with Crippen LogP contribution in [0.2, 0.25) is 0 Å². The molecule has 1 fully saturated rings. The van der Waals surface area contributed by atoms with Crippen LogP contribution in [0.25, 0.3) is 0 Å². The Morgan fingerprint density at radius 3 is 1.14 bits per heavy atom. The van der Waals surface area contributed by atoms with Crippen LogP contribution in [0.1, 0.15) is 67.2 Å². The third-order valence-corrected chi connectivity index (χ3v) is 6.83. The first-order valence-electron chi connectivity index (χ1n) is 17.9. The van der Waals surface area contributed by atoms with Crippen LogP contribution >= 0.6 is 0 Å². The molecule has 0 bridgehead atoms. The van der Waals surface area contributed by atoms with E-state index >= 15 is 0 Å². The summed E-state index contributed by atoms with van der Waals surface area (Å²) >= 11 is 0. The van der Waals surface area contributed by atoms with Gasteiger partial charge in [0, 0.05) is 13.2 Å². The Morgan fingerprint density at radius 1 is 0.469 bits per heavy atom. The second kappa shape index (κ2) is 29.0. The molecular formula is C35H67NO13. The molecule has 290 valence electrons. The lowest BCUT2D eigenvalue weighted by atomic mass is 9.82. The number of nitrogens with one attached hydrogen (secondary N) is 1. The van der Waals surface area contributed by atoms with Gasteiger partial charge in [-0.2, -0.15) is 0 Å². The van der Waals surface area contributed by atoms with Crippen LogP contribution in [0, 0.1) is 11.8 Å². The zero-order valence-electron chi connectivity index (χ0n) is 31.2. The molecule has 0 spiro atoms. The van der Waals surface area contributed by atoms with Crippen LogP contribution in [0.15, 0.2) is 0 Å². The lowest BCUT2D eigenvalue weighted by Gasteiger charge is -2.29. The Kier molecular flexibility index (Phi) is 26.9. The van der Waals surface area contributed by atoms with Crippen LogP contribution < -0.4 is 5.32 Å². The van der Waals surface area contributed by atoms with Crippen molar-refractivity contribution in [2.45, 2.75) is 78.4 Å². The number of carbonyl (C=O) groups excluding carboxylic acids is 2. The van der Waals surface area contributed by atoms with Crippen LogP contribution in [0.4, 0.5) is 4.79 Å². The Bertz CT molecular complexity index is 795. The summed E-state index contributed by atoms with van der Waals surface area (Å²) in [6.07, 6.45) is 3.29. The molecular weight excluding hydrogens is 642 g/mol. The third-order valence-electron chi connectivity index (χ3n) is 6.83. The van der Waals surface area contributed by atoms with E-state index in [0.29, 0.717) is 131 Å². The van der Waals surface area contributed by atoms with Crippen molar-refractivity contribution in [3.8, 4) is 0 Å². The maximum Gasteiger partial charge on any atom is 0.407 e. The fourth-order valence-corrected chi connectivity index (χ4v) is 4.50. The highest BCUT2D eigenvalue weighted by Gasteiger charge is 2.29. The molecule has 1 saturated carbocycles. The Morgan fingerprint density at radius 2 is 0.796 bits per heavy atom. The van der Waals surface area contributed by atoms with Crippen LogP contribution in [0.3, 0.4) is 0 Å². The van der Waals surface area contributed by atoms with E-state index in [2.05, 4.69) is 5.32 Å². The van der Waals surface area contributed by atoms with Crippen molar-refractivity contribution < 1.29 is 61.7 Å². The first-order chi connectivity index (χ1) is 23.5. The molecule has 14 nitrogen and oxygen atoms in total. The zero-order chi connectivity index (χ0) is 36.1. The monoisotopic (exact) mass is 709 g/mol. The summed E-state index contributed by atoms with van der Waals surface area (Å²) in [4.78, 5) is 23.7. The second-order valence-electron chi connectivity index (χ2n) is 13.7. The molecule has 14 heteroatoms. The van der Waals surface area contributed by atoms with E-state index in [9.17, 15) is 9.59 Å². The van der Waals surface area contributed by atoms with E-state index in [-0.39, 0.29) is 11.9 Å². The predicted molar refractivity (Wildman–Crippen MR) is 183 cm³/mol. The molecule has 1 rings (SSSR count). The fraction of sp³-hybridized carbons (Fsp3) is 0.943. The quantitative estimate of drug-likeness (QED) is 0.0853. The smallest absolute Gasteiger partial charge is 0.407 e. The number of carbonyl (C=O) groups is 2. The number of amides is 1. The van der Waals surface area contributed by atoms with Crippen LogP contribution in [-0.4, -0.2) is 149 Å². The van der Waals surface area contributed by atoms with Crippen molar-refractivity contribution in [3.05, 3.63) is 0 Å². The van der Waals surface area contributed by atoms with Crippen molar-refractivity contribution in [2.75, 3.05) is 125 Å². The van der Waals surface area contributed by atoms with E-state index in [1.807, 2.05) is 41.5 Å². The van der Waals surface area contributed by atoms with Gasteiger partial charge in [-0.25, -0.2) is 4.79 Å². The largest absolute Gasteiger partial charge is 0.460 e. The molecule has 0 heterocycles. The molecule has 0 aromatic heterocycles. The van der Waals surface area contributed by atoms with Gasteiger partial charge in [-0.3, -0.25) is 4.79 Å². The van der Waals surface area contributed by atoms with Gasteiger partial charge >= 0.3 is 12.1 Å². The van der Waals surface area contributed by atoms with Crippen molar-refractivity contribution in [2.24, 2.45) is 11.8 Å².